The molecule has 29 heavy (non-hydrogen) atoms. The van der Waals surface area contributed by atoms with E-state index in [1.807, 2.05) is 0 Å². The number of amides is 2. The summed E-state index contributed by atoms with van der Waals surface area (Å²) < 4.78 is 14.6. The topological polar surface area (TPSA) is 148 Å². The van der Waals surface area contributed by atoms with E-state index >= 15 is 0 Å². The summed E-state index contributed by atoms with van der Waals surface area (Å²) >= 11 is 0. The van der Waals surface area contributed by atoms with Crippen LogP contribution in [-0.4, -0.2) is 40.9 Å². The van der Waals surface area contributed by atoms with Crippen LogP contribution in [-0.2, 0) is 0 Å². The van der Waals surface area contributed by atoms with E-state index in [-0.39, 0.29) is 40.9 Å². The molecule has 2 amide bonds. The van der Waals surface area contributed by atoms with Crippen LogP contribution >= 0.6 is 0 Å². The van der Waals surface area contributed by atoms with E-state index < -0.39 is 11.7 Å². The van der Waals surface area contributed by atoms with E-state index in [1.54, 1.807) is 6.07 Å². The Balaban J connectivity index is 1.92. The van der Waals surface area contributed by atoms with Gasteiger partial charge in [-0.1, -0.05) is 12.8 Å². The van der Waals surface area contributed by atoms with Crippen molar-refractivity contribution < 1.29 is 14.0 Å². The Bertz CT molecular complexity index is 921. The minimum atomic E-state index is -0.833. The molecular formula is C19H24FN7O2. The van der Waals surface area contributed by atoms with E-state index in [0.717, 1.165) is 31.7 Å². The van der Waals surface area contributed by atoms with E-state index in [2.05, 4.69) is 25.9 Å². The summed E-state index contributed by atoms with van der Waals surface area (Å²) in [5.74, 6) is -1.84. The summed E-state index contributed by atoms with van der Waals surface area (Å²) in [6.07, 6.45) is 5.13. The first kappa shape index (κ1) is 20.5. The number of hydrogen-bond donors (Lipinski definition) is 5. The molecule has 0 radical (unpaired) electrons. The van der Waals surface area contributed by atoms with E-state index in [1.165, 1.54) is 19.3 Å². The highest BCUT2D eigenvalue weighted by atomic mass is 19.1. The zero-order chi connectivity index (χ0) is 21.0. The van der Waals surface area contributed by atoms with Crippen LogP contribution in [0.15, 0.2) is 24.4 Å². The second-order valence-electron chi connectivity index (χ2n) is 6.91. The first-order chi connectivity index (χ1) is 13.9. The predicted octanol–water partition coefficient (Wildman–Crippen LogP) is 1.50. The van der Waals surface area contributed by atoms with Gasteiger partial charge in [0.05, 0.1) is 5.56 Å². The molecule has 3 rings (SSSR count). The minimum Gasteiger partial charge on any atom is -0.365 e. The summed E-state index contributed by atoms with van der Waals surface area (Å²) in [5.41, 5.74) is 12.0. The van der Waals surface area contributed by atoms with Crippen molar-refractivity contribution in [2.75, 3.05) is 17.7 Å². The third kappa shape index (κ3) is 4.77. The first-order valence-corrected chi connectivity index (χ1v) is 9.36. The molecule has 2 aromatic heterocycles. The number of halogens is 1. The lowest BCUT2D eigenvalue weighted by Crippen LogP contribution is -2.43. The molecular weight excluding hydrogens is 377 g/mol. The highest BCUT2D eigenvalue weighted by Gasteiger charge is 2.24. The maximum Gasteiger partial charge on any atom is 0.269 e. The summed E-state index contributed by atoms with van der Waals surface area (Å²) in [6.45, 7) is 0. The minimum absolute atomic E-state index is 0.0135. The fraction of sp³-hybridized carbons (Fsp3) is 0.368. The molecule has 0 aliphatic heterocycles. The van der Waals surface area contributed by atoms with Gasteiger partial charge in [0.25, 0.3) is 11.8 Å². The second-order valence-corrected chi connectivity index (χ2v) is 6.91. The highest BCUT2D eigenvalue weighted by molar-refractivity contribution is 5.99. The van der Waals surface area contributed by atoms with Crippen molar-refractivity contribution in [2.45, 2.75) is 37.8 Å². The molecule has 9 nitrogen and oxygen atoms in total. The van der Waals surface area contributed by atoms with Crippen molar-refractivity contribution >= 4 is 29.1 Å². The van der Waals surface area contributed by atoms with Crippen LogP contribution in [0.4, 0.5) is 21.7 Å². The number of nitrogens with one attached hydrogen (secondary N) is 3. The SMILES string of the molecule is CNC(=O)c1cc(Nc2nc(N[C@@H]3CCCC[C@@H]3N)c(F)cc2C(N)=O)ccn1. The lowest BCUT2D eigenvalue weighted by Gasteiger charge is -2.30. The van der Waals surface area contributed by atoms with Crippen molar-refractivity contribution in [3.63, 3.8) is 0 Å². The molecule has 10 heteroatoms. The smallest absolute Gasteiger partial charge is 0.269 e. The number of anilines is 3. The van der Waals surface area contributed by atoms with Crippen molar-refractivity contribution in [1.82, 2.24) is 15.3 Å². The van der Waals surface area contributed by atoms with Crippen LogP contribution in [0.25, 0.3) is 0 Å². The number of aromatic nitrogens is 2. The van der Waals surface area contributed by atoms with Gasteiger partial charge in [-0.25, -0.2) is 9.37 Å². The fourth-order valence-electron chi connectivity index (χ4n) is 3.28. The molecule has 2 aromatic rings. The third-order valence-electron chi connectivity index (χ3n) is 4.87. The molecule has 1 aliphatic rings. The largest absolute Gasteiger partial charge is 0.365 e. The zero-order valence-electron chi connectivity index (χ0n) is 16.0. The highest BCUT2D eigenvalue weighted by Crippen LogP contribution is 2.26. The summed E-state index contributed by atoms with van der Waals surface area (Å²) in [7, 11) is 1.49. The second kappa shape index (κ2) is 8.82. The average Bonchev–Trinajstić information content (AvgIpc) is 2.71. The van der Waals surface area contributed by atoms with Crippen molar-refractivity contribution in [1.29, 1.82) is 0 Å². The van der Waals surface area contributed by atoms with Gasteiger partial charge in [0.1, 0.15) is 11.5 Å². The maximum atomic E-state index is 14.6. The van der Waals surface area contributed by atoms with Crippen LogP contribution < -0.4 is 27.4 Å². The standard InChI is InChI=1S/C19H24FN7O2/c1-23-19(29)15-8-10(6-7-24-15)25-17-11(16(22)28)9-12(20)18(27-17)26-14-5-3-2-4-13(14)21/h6-9,13-14H,2-5,21H2,1H3,(H2,22,28)(H,23,29)(H2,24,25,26,27)/t13-,14+/m0/s1. The number of nitrogens with two attached hydrogens (primary N) is 2. The lowest BCUT2D eigenvalue weighted by molar-refractivity contribution is 0.0956. The maximum absolute atomic E-state index is 14.6. The Morgan fingerprint density at radius 3 is 2.66 bits per heavy atom. The van der Waals surface area contributed by atoms with Crippen LogP contribution in [0.5, 0.6) is 0 Å². The lowest BCUT2D eigenvalue weighted by atomic mass is 9.91. The first-order valence-electron chi connectivity index (χ1n) is 9.36. The Morgan fingerprint density at radius 1 is 1.21 bits per heavy atom. The fourth-order valence-corrected chi connectivity index (χ4v) is 3.28. The van der Waals surface area contributed by atoms with E-state index in [4.69, 9.17) is 11.5 Å². The number of hydrogen-bond acceptors (Lipinski definition) is 7. The third-order valence-corrected chi connectivity index (χ3v) is 4.87. The zero-order valence-corrected chi connectivity index (χ0v) is 16.0. The van der Waals surface area contributed by atoms with Crippen LogP contribution in [0.2, 0.25) is 0 Å². The van der Waals surface area contributed by atoms with Gasteiger partial charge < -0.3 is 27.4 Å². The number of nitrogens with zero attached hydrogens (tertiary/aromatic N) is 2. The number of carbonyl (C=O) groups is 2. The normalized spacial score (nSPS) is 18.7. The van der Waals surface area contributed by atoms with Gasteiger partial charge in [0, 0.05) is 31.0 Å². The Labute approximate surface area is 167 Å². The van der Waals surface area contributed by atoms with Crippen LogP contribution in [0.1, 0.15) is 46.5 Å². The molecule has 1 saturated carbocycles. The molecule has 0 spiro atoms. The number of rotatable bonds is 6. The summed E-state index contributed by atoms with van der Waals surface area (Å²) in [5, 5.41) is 8.45. The predicted molar refractivity (Wildman–Crippen MR) is 107 cm³/mol. The van der Waals surface area contributed by atoms with Crippen LogP contribution in [0.3, 0.4) is 0 Å². The molecule has 0 unspecified atom stereocenters. The Kier molecular flexibility index (Phi) is 6.23. The van der Waals surface area contributed by atoms with Gasteiger partial charge in [0.2, 0.25) is 0 Å². The monoisotopic (exact) mass is 401 g/mol. The quantitative estimate of drug-likeness (QED) is 0.492. The molecule has 7 N–H and O–H groups in total. The Hall–Kier alpha value is -3.27. The van der Waals surface area contributed by atoms with Gasteiger partial charge in [-0.2, -0.15) is 0 Å². The van der Waals surface area contributed by atoms with E-state index in [0.29, 0.717) is 5.69 Å². The molecule has 1 aliphatic carbocycles. The number of primary amides is 1. The van der Waals surface area contributed by atoms with Gasteiger partial charge in [-0.05, 0) is 31.0 Å². The Morgan fingerprint density at radius 2 is 1.97 bits per heavy atom. The van der Waals surface area contributed by atoms with Crippen LogP contribution in [0, 0.1) is 5.82 Å². The van der Waals surface area contributed by atoms with Gasteiger partial charge in [0.15, 0.2) is 11.6 Å². The molecule has 2 atom stereocenters. The van der Waals surface area contributed by atoms with Crippen molar-refractivity contribution in [3.8, 4) is 0 Å². The molecule has 2 heterocycles. The summed E-state index contributed by atoms with van der Waals surface area (Å²) in [4.78, 5) is 31.8. The van der Waals surface area contributed by atoms with E-state index in [9.17, 15) is 14.0 Å². The van der Waals surface area contributed by atoms with Gasteiger partial charge >= 0.3 is 0 Å². The summed E-state index contributed by atoms with van der Waals surface area (Å²) in [6, 6.07) is 3.90. The molecule has 1 fully saturated rings. The van der Waals surface area contributed by atoms with Crippen molar-refractivity contribution in [3.05, 3.63) is 41.5 Å². The average molecular weight is 401 g/mol. The number of carbonyl (C=O) groups excluding carboxylic acids is 2. The molecule has 0 aromatic carbocycles. The van der Waals surface area contributed by atoms with Crippen molar-refractivity contribution in [2.24, 2.45) is 11.5 Å². The molecule has 0 saturated heterocycles. The van der Waals surface area contributed by atoms with Gasteiger partial charge in [-0.15, -0.1) is 0 Å². The number of pyridine rings is 2. The molecule has 0 bridgehead atoms. The van der Waals surface area contributed by atoms with Gasteiger partial charge in [-0.3, -0.25) is 14.6 Å². The molecule has 154 valence electrons.